The smallest absolute Gasteiger partial charge is 0.326 e. The predicted octanol–water partition coefficient (Wildman–Crippen LogP) is 1.83. The van der Waals surface area contributed by atoms with Crippen LogP contribution in [-0.4, -0.2) is 29.7 Å². The molecule has 0 saturated heterocycles. The average molecular weight is 256 g/mol. The van der Waals surface area contributed by atoms with Crippen LogP contribution in [0, 0.1) is 17.3 Å². The van der Waals surface area contributed by atoms with Crippen molar-refractivity contribution in [1.29, 1.82) is 0 Å². The molecule has 2 atom stereocenters. The molecule has 1 fully saturated rings. The molecule has 0 aliphatic heterocycles. The molecular weight excluding hydrogens is 232 g/mol. The van der Waals surface area contributed by atoms with E-state index >= 15 is 0 Å². The second kappa shape index (κ2) is 5.59. The van der Waals surface area contributed by atoms with Gasteiger partial charge in [0.05, 0.1) is 0 Å². The number of hydrogen-bond acceptors (Lipinski definition) is 2. The van der Waals surface area contributed by atoms with Crippen molar-refractivity contribution in [3.8, 4) is 0 Å². The Kier molecular flexibility index (Phi) is 4.59. The Balaban J connectivity index is 2.30. The van der Waals surface area contributed by atoms with E-state index in [0.717, 1.165) is 6.42 Å². The van der Waals surface area contributed by atoms with Gasteiger partial charge in [-0.3, -0.25) is 0 Å². The van der Waals surface area contributed by atoms with Crippen LogP contribution in [0.5, 0.6) is 0 Å². The van der Waals surface area contributed by atoms with Gasteiger partial charge in [-0.2, -0.15) is 0 Å². The highest BCUT2D eigenvalue weighted by Gasteiger charge is 2.45. The fourth-order valence-electron chi connectivity index (χ4n) is 2.04. The SMILES string of the molecule is CC(C)C[C@@H](NC(=O)NCC1CC1(C)C)C(=O)O. The molecule has 104 valence electrons. The molecule has 3 N–H and O–H groups in total. The van der Waals surface area contributed by atoms with E-state index in [1.165, 1.54) is 0 Å². The van der Waals surface area contributed by atoms with Crippen LogP contribution in [0.4, 0.5) is 4.79 Å². The molecule has 18 heavy (non-hydrogen) atoms. The van der Waals surface area contributed by atoms with E-state index in [-0.39, 0.29) is 11.9 Å². The highest BCUT2D eigenvalue weighted by Crippen LogP contribution is 2.50. The maximum atomic E-state index is 11.6. The fourth-order valence-corrected chi connectivity index (χ4v) is 2.04. The van der Waals surface area contributed by atoms with Gasteiger partial charge in [-0.25, -0.2) is 9.59 Å². The number of amides is 2. The van der Waals surface area contributed by atoms with Gasteiger partial charge >= 0.3 is 12.0 Å². The number of rotatable bonds is 6. The molecule has 1 aliphatic rings. The van der Waals surface area contributed by atoms with Crippen LogP contribution in [0.2, 0.25) is 0 Å². The van der Waals surface area contributed by atoms with Crippen LogP contribution < -0.4 is 10.6 Å². The lowest BCUT2D eigenvalue weighted by molar-refractivity contribution is -0.139. The second-order valence-electron chi connectivity index (χ2n) is 6.26. The van der Waals surface area contributed by atoms with Gasteiger partial charge in [0.2, 0.25) is 0 Å². The quantitative estimate of drug-likeness (QED) is 0.678. The van der Waals surface area contributed by atoms with Gasteiger partial charge in [0, 0.05) is 6.54 Å². The van der Waals surface area contributed by atoms with Crippen molar-refractivity contribution in [2.75, 3.05) is 6.54 Å². The van der Waals surface area contributed by atoms with Gasteiger partial charge in [0.1, 0.15) is 6.04 Å². The number of carbonyl (C=O) groups excluding carboxylic acids is 1. The van der Waals surface area contributed by atoms with Crippen molar-refractivity contribution in [2.45, 2.75) is 46.6 Å². The van der Waals surface area contributed by atoms with Crippen LogP contribution in [0.25, 0.3) is 0 Å². The molecule has 5 nitrogen and oxygen atoms in total. The van der Waals surface area contributed by atoms with Crippen molar-refractivity contribution in [3.63, 3.8) is 0 Å². The Hall–Kier alpha value is -1.26. The highest BCUT2D eigenvalue weighted by atomic mass is 16.4. The first-order chi connectivity index (χ1) is 8.22. The molecule has 1 unspecified atom stereocenters. The van der Waals surface area contributed by atoms with Gasteiger partial charge in [-0.05, 0) is 30.1 Å². The zero-order chi connectivity index (χ0) is 13.9. The fraction of sp³-hybridized carbons (Fsp3) is 0.846. The normalized spacial score (nSPS) is 22.4. The third-order valence-electron chi connectivity index (χ3n) is 3.54. The van der Waals surface area contributed by atoms with Gasteiger partial charge < -0.3 is 15.7 Å². The van der Waals surface area contributed by atoms with Crippen molar-refractivity contribution in [2.24, 2.45) is 17.3 Å². The van der Waals surface area contributed by atoms with Crippen molar-refractivity contribution < 1.29 is 14.7 Å². The van der Waals surface area contributed by atoms with Gasteiger partial charge in [-0.15, -0.1) is 0 Å². The third-order valence-corrected chi connectivity index (χ3v) is 3.54. The minimum atomic E-state index is -0.981. The van der Waals surface area contributed by atoms with Crippen LogP contribution in [0.15, 0.2) is 0 Å². The number of carboxylic acid groups (broad SMARTS) is 1. The summed E-state index contributed by atoms with van der Waals surface area (Å²) in [6, 6.07) is -1.19. The van der Waals surface area contributed by atoms with Crippen LogP contribution in [0.1, 0.15) is 40.5 Å². The maximum Gasteiger partial charge on any atom is 0.326 e. The molecule has 2 amide bonds. The average Bonchev–Trinajstić information content (AvgIpc) is 2.82. The molecule has 5 heteroatoms. The van der Waals surface area contributed by atoms with Crippen LogP contribution >= 0.6 is 0 Å². The predicted molar refractivity (Wildman–Crippen MR) is 69.3 cm³/mol. The zero-order valence-electron chi connectivity index (χ0n) is 11.6. The van der Waals surface area contributed by atoms with Crippen molar-refractivity contribution in [3.05, 3.63) is 0 Å². The molecule has 1 saturated carbocycles. The van der Waals surface area contributed by atoms with Crippen LogP contribution in [0.3, 0.4) is 0 Å². The monoisotopic (exact) mass is 256 g/mol. The largest absolute Gasteiger partial charge is 0.480 e. The Bertz CT molecular complexity index is 326. The molecule has 1 rings (SSSR count). The summed E-state index contributed by atoms with van der Waals surface area (Å²) < 4.78 is 0. The Morgan fingerprint density at radius 1 is 1.39 bits per heavy atom. The Morgan fingerprint density at radius 2 is 1.94 bits per heavy atom. The molecule has 0 bridgehead atoms. The molecule has 0 heterocycles. The van der Waals surface area contributed by atoms with Gasteiger partial charge in [0.15, 0.2) is 0 Å². The van der Waals surface area contributed by atoms with Gasteiger partial charge in [0.25, 0.3) is 0 Å². The number of carbonyl (C=O) groups is 2. The number of nitrogens with one attached hydrogen (secondary N) is 2. The highest BCUT2D eigenvalue weighted by molar-refractivity contribution is 5.82. The van der Waals surface area contributed by atoms with E-state index in [9.17, 15) is 9.59 Å². The maximum absolute atomic E-state index is 11.6. The summed E-state index contributed by atoms with van der Waals surface area (Å²) in [5, 5.41) is 14.3. The number of urea groups is 1. The summed E-state index contributed by atoms with van der Waals surface area (Å²) in [7, 11) is 0. The summed E-state index contributed by atoms with van der Waals surface area (Å²) in [6.07, 6.45) is 1.55. The molecule has 0 radical (unpaired) electrons. The van der Waals surface area contributed by atoms with Crippen molar-refractivity contribution in [1.82, 2.24) is 10.6 Å². The number of aliphatic carboxylic acids is 1. The first kappa shape index (κ1) is 14.8. The first-order valence-electron chi connectivity index (χ1n) is 6.49. The molecule has 0 aromatic heterocycles. The van der Waals surface area contributed by atoms with Gasteiger partial charge in [-0.1, -0.05) is 27.7 Å². The summed E-state index contributed by atoms with van der Waals surface area (Å²) in [4.78, 5) is 22.6. The summed E-state index contributed by atoms with van der Waals surface area (Å²) in [5.74, 6) is -0.240. The molecule has 1 aliphatic carbocycles. The topological polar surface area (TPSA) is 78.4 Å². The molecule has 0 aromatic rings. The van der Waals surface area contributed by atoms with Crippen LogP contribution in [-0.2, 0) is 4.79 Å². The van der Waals surface area contributed by atoms with E-state index in [1.807, 2.05) is 13.8 Å². The Morgan fingerprint density at radius 3 is 2.33 bits per heavy atom. The molecular formula is C13H24N2O3. The van der Waals surface area contributed by atoms with Crippen molar-refractivity contribution >= 4 is 12.0 Å². The number of hydrogen-bond donors (Lipinski definition) is 3. The summed E-state index contributed by atoms with van der Waals surface area (Å²) in [6.45, 7) is 8.81. The first-order valence-corrected chi connectivity index (χ1v) is 6.49. The number of carboxylic acids is 1. The molecule has 0 aromatic carbocycles. The molecule has 0 spiro atoms. The lowest BCUT2D eigenvalue weighted by Gasteiger charge is -2.17. The van der Waals surface area contributed by atoms with E-state index < -0.39 is 12.0 Å². The van der Waals surface area contributed by atoms with E-state index in [4.69, 9.17) is 5.11 Å². The van der Waals surface area contributed by atoms with E-state index in [2.05, 4.69) is 24.5 Å². The standard InChI is InChI=1S/C13H24N2O3/c1-8(2)5-10(11(16)17)15-12(18)14-7-9-6-13(9,3)4/h8-10H,5-7H2,1-4H3,(H,16,17)(H2,14,15,18)/t9?,10-/m1/s1. The van der Waals surface area contributed by atoms with E-state index in [1.54, 1.807) is 0 Å². The zero-order valence-corrected chi connectivity index (χ0v) is 11.6. The second-order valence-corrected chi connectivity index (χ2v) is 6.26. The minimum absolute atomic E-state index is 0.230. The summed E-state index contributed by atoms with van der Waals surface area (Å²) >= 11 is 0. The lowest BCUT2D eigenvalue weighted by atomic mass is 10.0. The van der Waals surface area contributed by atoms with E-state index in [0.29, 0.717) is 24.3 Å². The lowest BCUT2D eigenvalue weighted by Crippen LogP contribution is -2.47. The summed E-state index contributed by atoms with van der Waals surface area (Å²) in [5.41, 5.74) is 0.317. The Labute approximate surface area is 108 Å². The third kappa shape index (κ3) is 4.55. The minimum Gasteiger partial charge on any atom is -0.480 e.